The highest BCUT2D eigenvalue weighted by atomic mass is 16.5. The molecule has 1 aliphatic rings. The van der Waals surface area contributed by atoms with Crippen LogP contribution in [0.25, 0.3) is 0 Å². The molecule has 6 nitrogen and oxygen atoms in total. The molecule has 6 heteroatoms. The number of carbonyl (C=O) groups is 1. The predicted octanol–water partition coefficient (Wildman–Crippen LogP) is 2.30. The maximum absolute atomic E-state index is 12.6. The zero-order chi connectivity index (χ0) is 14.8. The summed E-state index contributed by atoms with van der Waals surface area (Å²) in [5, 5.41) is 8.14. The normalized spacial score (nSPS) is 18.6. The van der Waals surface area contributed by atoms with Crippen LogP contribution in [-0.4, -0.2) is 38.3 Å². The van der Waals surface area contributed by atoms with Crippen LogP contribution in [0.3, 0.4) is 0 Å². The fourth-order valence-corrected chi connectivity index (χ4v) is 2.73. The Kier molecular flexibility index (Phi) is 3.77. The lowest BCUT2D eigenvalue weighted by atomic mass is 10.1. The van der Waals surface area contributed by atoms with Crippen LogP contribution in [0.1, 0.15) is 48.9 Å². The molecule has 3 heterocycles. The van der Waals surface area contributed by atoms with Crippen LogP contribution in [0.4, 0.5) is 0 Å². The average molecular weight is 288 g/mol. The van der Waals surface area contributed by atoms with Gasteiger partial charge >= 0.3 is 0 Å². The summed E-state index contributed by atoms with van der Waals surface area (Å²) in [6, 6.07) is 3.83. The zero-order valence-electron chi connectivity index (χ0n) is 12.4. The molecule has 2 aromatic rings. The Hall–Kier alpha value is -2.11. The minimum atomic E-state index is -0.0414. The number of nitrogens with zero attached hydrogens (tertiary/aromatic N) is 4. The van der Waals surface area contributed by atoms with E-state index in [1.54, 1.807) is 12.3 Å². The monoisotopic (exact) mass is 288 g/mol. The smallest absolute Gasteiger partial charge is 0.276 e. The van der Waals surface area contributed by atoms with Crippen molar-refractivity contribution in [2.75, 3.05) is 6.54 Å². The highest BCUT2D eigenvalue weighted by Crippen LogP contribution is 2.22. The fraction of sp³-hybridized carbons (Fsp3) is 0.533. The van der Waals surface area contributed by atoms with Gasteiger partial charge in [0.05, 0.1) is 12.6 Å². The minimum absolute atomic E-state index is 0.0414. The number of aromatic nitrogens is 3. The Bertz CT molecular complexity index is 603. The second-order valence-electron chi connectivity index (χ2n) is 5.79. The summed E-state index contributed by atoms with van der Waals surface area (Å²) >= 11 is 0. The number of likely N-dealkylation sites (tertiary alicyclic amines) is 1. The van der Waals surface area contributed by atoms with Gasteiger partial charge in [-0.1, -0.05) is 19.0 Å². The van der Waals surface area contributed by atoms with Gasteiger partial charge in [-0.25, -0.2) is 0 Å². The maximum atomic E-state index is 12.6. The first-order valence-electron chi connectivity index (χ1n) is 7.40. The van der Waals surface area contributed by atoms with Crippen molar-refractivity contribution >= 4 is 5.91 Å². The molecule has 112 valence electrons. The lowest BCUT2D eigenvalue weighted by Gasteiger charge is -2.23. The highest BCUT2D eigenvalue weighted by molar-refractivity contribution is 5.92. The number of hydrogen-bond acceptors (Lipinski definition) is 4. The quantitative estimate of drug-likeness (QED) is 0.866. The lowest BCUT2D eigenvalue weighted by Crippen LogP contribution is -2.38. The summed E-state index contributed by atoms with van der Waals surface area (Å²) in [6.07, 6.45) is 5.70. The molecule has 1 saturated heterocycles. The first-order chi connectivity index (χ1) is 10.1. The van der Waals surface area contributed by atoms with E-state index in [4.69, 9.17) is 4.52 Å². The Balaban J connectivity index is 1.73. The summed E-state index contributed by atoms with van der Waals surface area (Å²) in [7, 11) is 0. The van der Waals surface area contributed by atoms with E-state index in [9.17, 15) is 4.79 Å². The molecule has 2 aromatic heterocycles. The molecule has 1 aliphatic heterocycles. The molecule has 1 atom stereocenters. The van der Waals surface area contributed by atoms with Gasteiger partial charge in [0.15, 0.2) is 5.69 Å². The first kappa shape index (κ1) is 13.9. The maximum Gasteiger partial charge on any atom is 0.276 e. The van der Waals surface area contributed by atoms with E-state index in [1.165, 1.54) is 0 Å². The Morgan fingerprint density at radius 2 is 2.38 bits per heavy atom. The SMILES string of the molecule is CC(C)c1cc(C(=O)N2CCCC2Cn2cccn2)no1. The number of rotatable bonds is 4. The van der Waals surface area contributed by atoms with Gasteiger partial charge in [-0.3, -0.25) is 9.48 Å². The van der Waals surface area contributed by atoms with E-state index in [0.29, 0.717) is 5.69 Å². The van der Waals surface area contributed by atoms with Gasteiger partial charge in [0.25, 0.3) is 5.91 Å². The van der Waals surface area contributed by atoms with Crippen LogP contribution < -0.4 is 0 Å². The number of carbonyl (C=O) groups excluding carboxylic acids is 1. The second-order valence-corrected chi connectivity index (χ2v) is 5.79. The molecule has 0 aromatic carbocycles. The van der Waals surface area contributed by atoms with E-state index >= 15 is 0 Å². The molecule has 1 amide bonds. The van der Waals surface area contributed by atoms with E-state index in [2.05, 4.69) is 10.3 Å². The van der Waals surface area contributed by atoms with Gasteiger partial charge in [-0.2, -0.15) is 5.10 Å². The third kappa shape index (κ3) is 2.84. The van der Waals surface area contributed by atoms with Crippen molar-refractivity contribution in [1.82, 2.24) is 19.8 Å². The molecule has 0 N–H and O–H groups in total. The van der Waals surface area contributed by atoms with Crippen molar-refractivity contribution in [2.24, 2.45) is 0 Å². The molecule has 1 unspecified atom stereocenters. The van der Waals surface area contributed by atoms with Gasteiger partial charge in [-0.05, 0) is 18.9 Å². The topological polar surface area (TPSA) is 64.2 Å². The third-order valence-corrected chi connectivity index (χ3v) is 3.91. The van der Waals surface area contributed by atoms with Gasteiger partial charge in [0, 0.05) is 30.9 Å². The van der Waals surface area contributed by atoms with Gasteiger partial charge in [-0.15, -0.1) is 0 Å². The van der Waals surface area contributed by atoms with Crippen molar-refractivity contribution in [3.05, 3.63) is 36.0 Å². The van der Waals surface area contributed by atoms with E-state index in [1.807, 2.05) is 35.7 Å². The summed E-state index contributed by atoms with van der Waals surface area (Å²) in [4.78, 5) is 14.5. The van der Waals surface area contributed by atoms with Crippen LogP contribution in [-0.2, 0) is 6.54 Å². The lowest BCUT2D eigenvalue weighted by molar-refractivity contribution is 0.0711. The van der Waals surface area contributed by atoms with Crippen molar-refractivity contribution < 1.29 is 9.32 Å². The summed E-state index contributed by atoms with van der Waals surface area (Å²) in [6.45, 7) is 5.54. The average Bonchev–Trinajstić information content (AvgIpc) is 3.20. The molecule has 21 heavy (non-hydrogen) atoms. The van der Waals surface area contributed by atoms with Crippen molar-refractivity contribution in [1.29, 1.82) is 0 Å². The molecule has 0 bridgehead atoms. The largest absolute Gasteiger partial charge is 0.360 e. The van der Waals surface area contributed by atoms with Crippen LogP contribution in [0, 0.1) is 0 Å². The number of amides is 1. The molecule has 0 spiro atoms. The van der Waals surface area contributed by atoms with Crippen LogP contribution in [0.5, 0.6) is 0 Å². The zero-order valence-corrected chi connectivity index (χ0v) is 12.4. The summed E-state index contributed by atoms with van der Waals surface area (Å²) in [5.74, 6) is 0.943. The van der Waals surface area contributed by atoms with Crippen molar-refractivity contribution in [3.8, 4) is 0 Å². The van der Waals surface area contributed by atoms with E-state index in [-0.39, 0.29) is 17.9 Å². The molecule has 0 aliphatic carbocycles. The van der Waals surface area contributed by atoms with Crippen molar-refractivity contribution in [2.45, 2.75) is 45.2 Å². The molecule has 0 saturated carbocycles. The molecule has 1 fully saturated rings. The van der Waals surface area contributed by atoms with Gasteiger partial charge in [0.1, 0.15) is 5.76 Å². The Labute approximate surface area is 123 Å². The second kappa shape index (κ2) is 5.71. The first-order valence-corrected chi connectivity index (χ1v) is 7.40. The Morgan fingerprint density at radius 3 is 3.05 bits per heavy atom. The number of hydrogen-bond donors (Lipinski definition) is 0. The molecular weight excluding hydrogens is 268 g/mol. The molecule has 3 rings (SSSR count). The van der Waals surface area contributed by atoms with E-state index < -0.39 is 0 Å². The van der Waals surface area contributed by atoms with Crippen LogP contribution >= 0.6 is 0 Å². The highest BCUT2D eigenvalue weighted by Gasteiger charge is 2.31. The fourth-order valence-electron chi connectivity index (χ4n) is 2.73. The van der Waals surface area contributed by atoms with Crippen LogP contribution in [0.15, 0.2) is 29.0 Å². The molecular formula is C15H20N4O2. The van der Waals surface area contributed by atoms with Crippen LogP contribution in [0.2, 0.25) is 0 Å². The molecule has 0 radical (unpaired) electrons. The standard InChI is InChI=1S/C15H20N4O2/c1-11(2)14-9-13(17-21-14)15(20)19-8-3-5-12(19)10-18-7-4-6-16-18/h4,6-7,9,11-12H,3,5,8,10H2,1-2H3. The third-order valence-electron chi connectivity index (χ3n) is 3.91. The van der Waals surface area contributed by atoms with E-state index in [0.717, 1.165) is 31.7 Å². The summed E-state index contributed by atoms with van der Waals surface area (Å²) < 4.78 is 7.11. The summed E-state index contributed by atoms with van der Waals surface area (Å²) in [5.41, 5.74) is 0.408. The Morgan fingerprint density at radius 1 is 1.52 bits per heavy atom. The predicted molar refractivity (Wildman–Crippen MR) is 76.9 cm³/mol. The minimum Gasteiger partial charge on any atom is -0.360 e. The van der Waals surface area contributed by atoms with Gasteiger partial charge < -0.3 is 9.42 Å². The van der Waals surface area contributed by atoms with Gasteiger partial charge in [0.2, 0.25) is 0 Å². The van der Waals surface area contributed by atoms with Crippen molar-refractivity contribution in [3.63, 3.8) is 0 Å².